The normalized spacial score (nSPS) is 11.1. The van der Waals surface area contributed by atoms with Gasteiger partial charge in [0.15, 0.2) is 0 Å². The molecule has 0 aliphatic carbocycles. The van der Waals surface area contributed by atoms with Gasteiger partial charge in [-0.2, -0.15) is 5.10 Å². The number of halogens is 1. The van der Waals surface area contributed by atoms with Gasteiger partial charge in [-0.05, 0) is 24.6 Å². The number of hydrogen-bond donors (Lipinski definition) is 2. The predicted octanol–water partition coefficient (Wildman–Crippen LogP) is 4.07. The number of aromatic nitrogens is 3. The molecule has 2 heterocycles. The van der Waals surface area contributed by atoms with Gasteiger partial charge in [0.2, 0.25) is 0 Å². The smallest absolute Gasteiger partial charge is 0.276 e. The molecule has 3 aromatic rings. The fourth-order valence-corrected chi connectivity index (χ4v) is 3.14. The number of carbonyl (C=O) groups is 1. The van der Waals surface area contributed by atoms with E-state index in [0.29, 0.717) is 18.1 Å². The Morgan fingerprint density at radius 2 is 2.04 bits per heavy atom. The van der Waals surface area contributed by atoms with Crippen LogP contribution in [0, 0.1) is 6.92 Å². The first-order valence-corrected chi connectivity index (χ1v) is 9.29. The minimum atomic E-state index is -0.268. The van der Waals surface area contributed by atoms with Crippen LogP contribution in [0.25, 0.3) is 5.69 Å². The Kier molecular flexibility index (Phi) is 6.41. The van der Waals surface area contributed by atoms with Crippen LogP contribution in [0.1, 0.15) is 47.5 Å². The van der Waals surface area contributed by atoms with Gasteiger partial charge in [-0.15, -0.1) is 23.7 Å². The summed E-state index contributed by atoms with van der Waals surface area (Å²) in [6.07, 6.45) is 0. The summed E-state index contributed by atoms with van der Waals surface area (Å²) in [5, 5.41) is 10.1. The van der Waals surface area contributed by atoms with E-state index in [1.165, 1.54) is 11.3 Å². The van der Waals surface area contributed by atoms with Crippen LogP contribution >= 0.6 is 23.7 Å². The lowest BCUT2D eigenvalue weighted by Crippen LogP contribution is -2.16. The van der Waals surface area contributed by atoms with Crippen LogP contribution < -0.4 is 11.1 Å². The molecule has 0 fully saturated rings. The molecule has 8 heteroatoms. The summed E-state index contributed by atoms with van der Waals surface area (Å²) in [6, 6.07) is 9.92. The van der Waals surface area contributed by atoms with Crippen molar-refractivity contribution in [3.63, 3.8) is 0 Å². The molecular weight excluding hydrogens is 382 g/mol. The molecule has 0 spiro atoms. The number of nitrogens with one attached hydrogen (secondary N) is 1. The van der Waals surface area contributed by atoms with Crippen LogP contribution in [0.15, 0.2) is 35.7 Å². The van der Waals surface area contributed by atoms with E-state index >= 15 is 0 Å². The molecule has 2 aromatic heterocycles. The zero-order chi connectivity index (χ0) is 18.9. The lowest BCUT2D eigenvalue weighted by atomic mass is 9.92. The molecule has 0 atom stereocenters. The number of anilines is 1. The van der Waals surface area contributed by atoms with E-state index in [4.69, 9.17) is 10.8 Å². The number of nitrogens with two attached hydrogens (primary N) is 1. The number of amides is 1. The van der Waals surface area contributed by atoms with Gasteiger partial charge in [0.1, 0.15) is 16.5 Å². The highest BCUT2D eigenvalue weighted by Crippen LogP contribution is 2.27. The van der Waals surface area contributed by atoms with Crippen LogP contribution in [0.2, 0.25) is 0 Å². The van der Waals surface area contributed by atoms with Crippen LogP contribution in [-0.2, 0) is 12.0 Å². The van der Waals surface area contributed by atoms with Crippen molar-refractivity contribution in [2.24, 2.45) is 5.73 Å². The summed E-state index contributed by atoms with van der Waals surface area (Å²) in [5.41, 5.74) is 8.73. The van der Waals surface area contributed by atoms with Crippen molar-refractivity contribution in [1.82, 2.24) is 14.8 Å². The van der Waals surface area contributed by atoms with Gasteiger partial charge in [-0.25, -0.2) is 9.67 Å². The zero-order valence-electron chi connectivity index (χ0n) is 15.8. The first-order chi connectivity index (χ1) is 12.3. The number of aryl methyl sites for hydroxylation is 1. The predicted molar refractivity (Wildman–Crippen MR) is 112 cm³/mol. The van der Waals surface area contributed by atoms with Crippen molar-refractivity contribution < 1.29 is 4.79 Å². The number of rotatable bonds is 4. The van der Waals surface area contributed by atoms with Gasteiger partial charge in [0.05, 0.1) is 11.4 Å². The van der Waals surface area contributed by atoms with Gasteiger partial charge in [-0.1, -0.05) is 32.9 Å². The molecule has 0 unspecified atom stereocenters. The Hall–Kier alpha value is -2.22. The van der Waals surface area contributed by atoms with E-state index in [1.54, 1.807) is 10.1 Å². The molecule has 0 bridgehead atoms. The fraction of sp³-hybridized carbons (Fsp3) is 0.316. The van der Waals surface area contributed by atoms with E-state index in [9.17, 15) is 4.79 Å². The SMILES string of the molecule is Cc1cccc(-n2nc(C(C)(C)C)cc2NC(=O)c2csc(CN)n2)c1.Cl. The summed E-state index contributed by atoms with van der Waals surface area (Å²) in [6.45, 7) is 8.63. The summed E-state index contributed by atoms with van der Waals surface area (Å²) in [7, 11) is 0. The third-order valence-electron chi connectivity index (χ3n) is 3.92. The number of carbonyl (C=O) groups excluding carboxylic acids is 1. The molecular formula is C19H24ClN5OS. The summed E-state index contributed by atoms with van der Waals surface area (Å²) >= 11 is 1.38. The van der Waals surface area contributed by atoms with E-state index in [-0.39, 0.29) is 23.7 Å². The van der Waals surface area contributed by atoms with Gasteiger partial charge in [-0.3, -0.25) is 4.79 Å². The van der Waals surface area contributed by atoms with Gasteiger partial charge in [0.25, 0.3) is 5.91 Å². The Balaban J connectivity index is 0.00000261. The van der Waals surface area contributed by atoms with E-state index < -0.39 is 0 Å². The maximum absolute atomic E-state index is 12.6. The Bertz CT molecular complexity index is 942. The molecule has 1 aromatic carbocycles. The topological polar surface area (TPSA) is 85.8 Å². The van der Waals surface area contributed by atoms with Crippen LogP contribution in [0.3, 0.4) is 0 Å². The van der Waals surface area contributed by atoms with Crippen molar-refractivity contribution in [2.45, 2.75) is 39.7 Å². The first-order valence-electron chi connectivity index (χ1n) is 8.41. The van der Waals surface area contributed by atoms with Gasteiger partial charge >= 0.3 is 0 Å². The molecule has 0 saturated heterocycles. The van der Waals surface area contributed by atoms with Crippen molar-refractivity contribution in [3.05, 3.63) is 57.7 Å². The maximum Gasteiger partial charge on any atom is 0.276 e. The second-order valence-electron chi connectivity index (χ2n) is 7.20. The standard InChI is InChI=1S/C19H23N5OS.ClH/c1-12-6-5-7-13(8-12)24-16(9-15(23-24)19(2,3)4)22-18(25)14-11-26-17(10-20)21-14;/h5-9,11H,10,20H2,1-4H3,(H,22,25);1H. The number of hydrogen-bond acceptors (Lipinski definition) is 5. The molecule has 6 nitrogen and oxygen atoms in total. The zero-order valence-corrected chi connectivity index (χ0v) is 17.4. The van der Waals surface area contributed by atoms with Gasteiger partial charge < -0.3 is 11.1 Å². The highest BCUT2D eigenvalue weighted by molar-refractivity contribution is 7.09. The molecule has 0 radical (unpaired) electrons. The lowest BCUT2D eigenvalue weighted by molar-refractivity contribution is 0.102. The van der Waals surface area contributed by atoms with Crippen molar-refractivity contribution >= 4 is 35.5 Å². The summed E-state index contributed by atoms with van der Waals surface area (Å²) in [4.78, 5) is 16.9. The molecule has 27 heavy (non-hydrogen) atoms. The number of thiazole rings is 1. The highest BCUT2D eigenvalue weighted by atomic mass is 35.5. The van der Waals surface area contributed by atoms with E-state index in [1.807, 2.05) is 37.3 Å². The number of benzene rings is 1. The third kappa shape index (κ3) is 4.74. The van der Waals surface area contributed by atoms with E-state index in [0.717, 1.165) is 22.0 Å². The van der Waals surface area contributed by atoms with Gasteiger partial charge in [0, 0.05) is 23.4 Å². The largest absolute Gasteiger partial charge is 0.325 e. The fourth-order valence-electron chi connectivity index (χ4n) is 2.48. The summed E-state index contributed by atoms with van der Waals surface area (Å²) < 4.78 is 1.77. The maximum atomic E-state index is 12.6. The molecule has 3 N–H and O–H groups in total. The quantitative estimate of drug-likeness (QED) is 0.685. The summed E-state index contributed by atoms with van der Waals surface area (Å²) in [5.74, 6) is 0.350. The average molecular weight is 406 g/mol. The first kappa shape index (κ1) is 21.1. The molecule has 0 aliphatic rings. The Labute approximate surface area is 169 Å². The lowest BCUT2D eigenvalue weighted by Gasteiger charge is -2.14. The molecule has 1 amide bonds. The Morgan fingerprint density at radius 3 is 2.63 bits per heavy atom. The van der Waals surface area contributed by atoms with E-state index in [2.05, 4.69) is 31.1 Å². The monoisotopic (exact) mass is 405 g/mol. The molecule has 3 rings (SSSR count). The molecule has 144 valence electrons. The van der Waals surface area contributed by atoms with Crippen molar-refractivity contribution in [1.29, 1.82) is 0 Å². The average Bonchev–Trinajstić information content (AvgIpc) is 3.21. The molecule has 0 aliphatic heterocycles. The second-order valence-corrected chi connectivity index (χ2v) is 8.14. The van der Waals surface area contributed by atoms with Crippen LogP contribution in [-0.4, -0.2) is 20.7 Å². The van der Waals surface area contributed by atoms with Crippen LogP contribution in [0.4, 0.5) is 5.82 Å². The molecule has 0 saturated carbocycles. The van der Waals surface area contributed by atoms with Crippen LogP contribution in [0.5, 0.6) is 0 Å². The third-order valence-corrected chi connectivity index (χ3v) is 4.80. The Morgan fingerprint density at radius 1 is 1.30 bits per heavy atom. The highest BCUT2D eigenvalue weighted by Gasteiger charge is 2.22. The van der Waals surface area contributed by atoms with Crippen molar-refractivity contribution in [3.8, 4) is 5.69 Å². The second kappa shape index (κ2) is 8.21. The minimum Gasteiger partial charge on any atom is -0.325 e. The van der Waals surface area contributed by atoms with Crippen molar-refractivity contribution in [2.75, 3.05) is 5.32 Å². The number of nitrogens with zero attached hydrogens (tertiary/aromatic N) is 3. The minimum absolute atomic E-state index is 0.